The van der Waals surface area contributed by atoms with Gasteiger partial charge < -0.3 is 14.5 Å². The molecule has 0 bridgehead atoms. The van der Waals surface area contributed by atoms with Gasteiger partial charge in [-0.05, 0) is 25.1 Å². The van der Waals surface area contributed by atoms with Crippen molar-refractivity contribution in [3.63, 3.8) is 0 Å². The number of aromatic amines is 1. The van der Waals surface area contributed by atoms with E-state index in [1.165, 1.54) is 26.4 Å². The third-order valence-corrected chi connectivity index (χ3v) is 3.22. The summed E-state index contributed by atoms with van der Waals surface area (Å²) in [5.41, 5.74) is 1.21. The predicted octanol–water partition coefficient (Wildman–Crippen LogP) is 3.05. The number of halogens is 1. The molecule has 1 aromatic heterocycles. The molecular formula is C14H13FN2O3S. The van der Waals surface area contributed by atoms with E-state index in [2.05, 4.69) is 14.7 Å². The van der Waals surface area contributed by atoms with E-state index in [4.69, 9.17) is 17.0 Å². The van der Waals surface area contributed by atoms with E-state index in [-0.39, 0.29) is 16.0 Å². The Morgan fingerprint density at radius 3 is 2.62 bits per heavy atom. The topological polar surface area (TPSA) is 64.2 Å². The Kier molecular flexibility index (Phi) is 4.32. The van der Waals surface area contributed by atoms with Crippen molar-refractivity contribution < 1.29 is 18.7 Å². The molecule has 0 aliphatic carbocycles. The van der Waals surface area contributed by atoms with Crippen LogP contribution < -0.4 is 4.74 Å². The molecule has 0 aliphatic heterocycles. The van der Waals surface area contributed by atoms with Crippen LogP contribution in [-0.4, -0.2) is 30.2 Å². The number of aryl methyl sites for hydroxylation is 1. The second-order valence-corrected chi connectivity index (χ2v) is 4.62. The van der Waals surface area contributed by atoms with E-state index < -0.39 is 11.8 Å². The number of aromatic nitrogens is 2. The first-order valence-electron chi connectivity index (χ1n) is 6.01. The maximum Gasteiger partial charge on any atom is 0.342 e. The van der Waals surface area contributed by atoms with Crippen LogP contribution in [0.15, 0.2) is 18.2 Å². The first-order valence-corrected chi connectivity index (χ1v) is 6.42. The molecule has 0 amide bonds. The number of esters is 1. The number of benzene rings is 1. The maximum atomic E-state index is 13.7. The van der Waals surface area contributed by atoms with Gasteiger partial charge in [0.2, 0.25) is 0 Å². The van der Waals surface area contributed by atoms with Crippen molar-refractivity contribution in [1.82, 2.24) is 9.97 Å². The Balaban J connectivity index is 2.54. The maximum absolute atomic E-state index is 13.7. The molecule has 21 heavy (non-hydrogen) atoms. The molecule has 5 nitrogen and oxygen atoms in total. The number of ether oxygens (including phenoxy) is 2. The van der Waals surface area contributed by atoms with E-state index in [1.807, 2.05) is 0 Å². The molecule has 1 heterocycles. The number of nitrogens with zero attached hydrogens (tertiary/aromatic N) is 1. The molecule has 0 fully saturated rings. The standard InChI is InChI=1S/C14H13FN2O3S/c1-7-11(14(18)20-3)13(21)17-12(16-7)8-4-5-10(19-2)9(15)6-8/h4-6H,1-3H3,(H,16,17,21). The highest BCUT2D eigenvalue weighted by molar-refractivity contribution is 7.71. The third kappa shape index (κ3) is 2.92. The van der Waals surface area contributed by atoms with Crippen molar-refractivity contribution in [2.45, 2.75) is 6.92 Å². The summed E-state index contributed by atoms with van der Waals surface area (Å²) < 4.78 is 23.3. The van der Waals surface area contributed by atoms with Crippen LogP contribution in [0.3, 0.4) is 0 Å². The Bertz CT molecular complexity index is 758. The summed E-state index contributed by atoms with van der Waals surface area (Å²) in [6.45, 7) is 1.67. The Morgan fingerprint density at radius 1 is 1.38 bits per heavy atom. The number of hydrogen-bond acceptors (Lipinski definition) is 5. The second kappa shape index (κ2) is 6.01. The molecule has 0 atom stereocenters. The smallest absolute Gasteiger partial charge is 0.342 e. The Morgan fingerprint density at radius 2 is 2.10 bits per heavy atom. The highest BCUT2D eigenvalue weighted by Crippen LogP contribution is 2.24. The summed E-state index contributed by atoms with van der Waals surface area (Å²) in [4.78, 5) is 18.7. The summed E-state index contributed by atoms with van der Waals surface area (Å²) in [5, 5.41) is 0. The molecule has 0 spiro atoms. The minimum Gasteiger partial charge on any atom is -0.494 e. The number of carbonyl (C=O) groups is 1. The van der Waals surface area contributed by atoms with E-state index in [0.717, 1.165) is 0 Å². The summed E-state index contributed by atoms with van der Waals surface area (Å²) in [5.74, 6) is -0.563. The Labute approximate surface area is 125 Å². The van der Waals surface area contributed by atoms with Gasteiger partial charge in [0.15, 0.2) is 11.6 Å². The van der Waals surface area contributed by atoms with Crippen molar-refractivity contribution in [3.8, 4) is 17.1 Å². The van der Waals surface area contributed by atoms with Gasteiger partial charge in [0.05, 0.1) is 14.2 Å². The zero-order valence-corrected chi connectivity index (χ0v) is 12.5. The minimum atomic E-state index is -0.561. The fourth-order valence-electron chi connectivity index (χ4n) is 1.88. The highest BCUT2D eigenvalue weighted by Gasteiger charge is 2.15. The molecule has 0 saturated carbocycles. The quantitative estimate of drug-likeness (QED) is 0.697. The van der Waals surface area contributed by atoms with E-state index in [9.17, 15) is 9.18 Å². The number of methoxy groups -OCH3 is 2. The number of H-pyrrole nitrogens is 1. The summed E-state index contributed by atoms with van der Waals surface area (Å²) in [6, 6.07) is 4.42. The first kappa shape index (κ1) is 15.1. The molecule has 0 unspecified atom stereocenters. The second-order valence-electron chi connectivity index (χ2n) is 4.23. The van der Waals surface area contributed by atoms with Gasteiger partial charge in [0.1, 0.15) is 16.0 Å². The molecule has 1 N–H and O–H groups in total. The van der Waals surface area contributed by atoms with Crippen LogP contribution in [0.2, 0.25) is 0 Å². The van der Waals surface area contributed by atoms with Crippen molar-refractivity contribution in [2.75, 3.05) is 14.2 Å². The number of hydrogen-bond donors (Lipinski definition) is 1. The van der Waals surface area contributed by atoms with Crippen LogP contribution in [0.5, 0.6) is 5.75 Å². The first-order chi connectivity index (χ1) is 9.97. The molecule has 2 aromatic rings. The zero-order chi connectivity index (χ0) is 15.6. The van der Waals surface area contributed by atoms with Gasteiger partial charge in [-0.25, -0.2) is 14.2 Å². The molecular weight excluding hydrogens is 295 g/mol. The van der Waals surface area contributed by atoms with E-state index in [0.29, 0.717) is 17.1 Å². The molecule has 7 heteroatoms. The highest BCUT2D eigenvalue weighted by atomic mass is 32.1. The lowest BCUT2D eigenvalue weighted by molar-refractivity contribution is 0.0598. The predicted molar refractivity (Wildman–Crippen MR) is 77.4 cm³/mol. The van der Waals surface area contributed by atoms with Crippen LogP contribution in [0, 0.1) is 17.4 Å². The van der Waals surface area contributed by atoms with Crippen molar-refractivity contribution in [1.29, 1.82) is 0 Å². The normalized spacial score (nSPS) is 10.3. The zero-order valence-electron chi connectivity index (χ0n) is 11.7. The molecule has 0 saturated heterocycles. The van der Waals surface area contributed by atoms with E-state index in [1.54, 1.807) is 13.0 Å². The van der Waals surface area contributed by atoms with Crippen LogP contribution in [0.4, 0.5) is 4.39 Å². The largest absolute Gasteiger partial charge is 0.494 e. The lowest BCUT2D eigenvalue weighted by atomic mass is 10.1. The van der Waals surface area contributed by atoms with Crippen LogP contribution in [0.25, 0.3) is 11.4 Å². The van der Waals surface area contributed by atoms with Crippen molar-refractivity contribution >= 4 is 18.2 Å². The number of carbonyl (C=O) groups excluding carboxylic acids is 1. The average Bonchev–Trinajstić information content (AvgIpc) is 2.46. The monoisotopic (exact) mass is 308 g/mol. The SMILES string of the molecule is COC(=O)c1c(C)[nH]c(-c2ccc(OC)c(F)c2)nc1=S. The van der Waals surface area contributed by atoms with Crippen molar-refractivity contribution in [2.24, 2.45) is 0 Å². The molecule has 1 aromatic carbocycles. The van der Waals surface area contributed by atoms with Crippen LogP contribution in [-0.2, 0) is 4.74 Å². The lowest BCUT2D eigenvalue weighted by Crippen LogP contribution is -2.09. The van der Waals surface area contributed by atoms with Gasteiger partial charge in [-0.1, -0.05) is 12.2 Å². The van der Waals surface area contributed by atoms with Crippen LogP contribution >= 0.6 is 12.2 Å². The van der Waals surface area contributed by atoms with Gasteiger partial charge in [-0.2, -0.15) is 0 Å². The fourth-order valence-corrected chi connectivity index (χ4v) is 2.21. The average molecular weight is 308 g/mol. The summed E-state index contributed by atoms with van der Waals surface area (Å²) >= 11 is 5.10. The lowest BCUT2D eigenvalue weighted by Gasteiger charge is -2.09. The van der Waals surface area contributed by atoms with Crippen LogP contribution in [0.1, 0.15) is 16.1 Å². The van der Waals surface area contributed by atoms with Crippen molar-refractivity contribution in [3.05, 3.63) is 39.9 Å². The number of nitrogens with one attached hydrogen (secondary N) is 1. The fraction of sp³-hybridized carbons (Fsp3) is 0.214. The van der Waals surface area contributed by atoms with Gasteiger partial charge in [-0.15, -0.1) is 0 Å². The molecule has 0 radical (unpaired) electrons. The molecule has 110 valence electrons. The summed E-state index contributed by atoms with van der Waals surface area (Å²) in [6.07, 6.45) is 0. The van der Waals surface area contributed by atoms with Gasteiger partial charge in [0.25, 0.3) is 0 Å². The van der Waals surface area contributed by atoms with Gasteiger partial charge >= 0.3 is 5.97 Å². The van der Waals surface area contributed by atoms with Gasteiger partial charge in [-0.3, -0.25) is 0 Å². The molecule has 0 aliphatic rings. The minimum absolute atomic E-state index is 0.101. The number of rotatable bonds is 3. The molecule has 2 rings (SSSR count). The van der Waals surface area contributed by atoms with Gasteiger partial charge in [0, 0.05) is 11.3 Å². The summed E-state index contributed by atoms with van der Waals surface area (Å²) in [7, 11) is 2.66. The van der Waals surface area contributed by atoms with E-state index >= 15 is 0 Å². The Hall–Kier alpha value is -2.28. The third-order valence-electron chi connectivity index (χ3n) is 2.92.